The van der Waals surface area contributed by atoms with E-state index in [4.69, 9.17) is 32.0 Å². The van der Waals surface area contributed by atoms with Crippen LogP contribution in [0.15, 0.2) is 81.9 Å². The van der Waals surface area contributed by atoms with Gasteiger partial charge < -0.3 is 14.2 Å². The van der Waals surface area contributed by atoms with Crippen molar-refractivity contribution >= 4 is 45.9 Å². The van der Waals surface area contributed by atoms with E-state index in [2.05, 4.69) is 15.3 Å². The Bertz CT molecular complexity index is 1410. The summed E-state index contributed by atoms with van der Waals surface area (Å²) < 4.78 is 11.5. The number of furan rings is 1. The number of carbonyl (C=O) groups is 1. The van der Waals surface area contributed by atoms with Crippen LogP contribution >= 0.6 is 23.2 Å². The van der Waals surface area contributed by atoms with E-state index in [9.17, 15) is 4.79 Å². The molecular weight excluding hydrogens is 437 g/mol. The lowest BCUT2D eigenvalue weighted by Crippen LogP contribution is -2.10. The highest BCUT2D eigenvalue weighted by Crippen LogP contribution is 2.32. The number of aromatic nitrogens is 2. The van der Waals surface area contributed by atoms with Crippen LogP contribution in [0.25, 0.3) is 33.9 Å². The van der Waals surface area contributed by atoms with Crippen molar-refractivity contribution in [1.29, 1.82) is 0 Å². The van der Waals surface area contributed by atoms with Gasteiger partial charge in [0.1, 0.15) is 11.3 Å². The lowest BCUT2D eigenvalue weighted by Gasteiger charge is -2.03. The Morgan fingerprint density at radius 2 is 1.74 bits per heavy atom. The first-order valence-electron chi connectivity index (χ1n) is 9.24. The summed E-state index contributed by atoms with van der Waals surface area (Å²) in [6, 6.07) is 17.1. The van der Waals surface area contributed by atoms with Crippen LogP contribution in [-0.4, -0.2) is 15.9 Å². The minimum atomic E-state index is -0.401. The van der Waals surface area contributed by atoms with Crippen LogP contribution in [0.1, 0.15) is 10.6 Å². The number of carbonyl (C=O) groups excluding carboxylic acids is 1. The molecule has 0 bridgehead atoms. The Kier molecular flexibility index (Phi) is 4.94. The van der Waals surface area contributed by atoms with Crippen LogP contribution < -0.4 is 5.32 Å². The molecule has 5 aromatic rings. The monoisotopic (exact) mass is 449 g/mol. The first-order chi connectivity index (χ1) is 15.1. The Morgan fingerprint density at radius 1 is 0.903 bits per heavy atom. The van der Waals surface area contributed by atoms with Crippen molar-refractivity contribution in [2.75, 3.05) is 5.32 Å². The predicted molar refractivity (Wildman–Crippen MR) is 119 cm³/mol. The summed E-state index contributed by atoms with van der Waals surface area (Å²) in [5.41, 5.74) is 3.22. The number of fused-ring (bicyclic) bond motifs is 1. The fourth-order valence-corrected chi connectivity index (χ4v) is 3.49. The van der Waals surface area contributed by atoms with Crippen LogP contribution in [-0.2, 0) is 0 Å². The van der Waals surface area contributed by atoms with Gasteiger partial charge in [-0.3, -0.25) is 9.78 Å². The highest BCUT2D eigenvalue weighted by Gasteiger charge is 2.16. The number of hydrogen-bond donors (Lipinski definition) is 1. The standard InChI is InChI=1S/C23H13Cl2N3O3/c24-14-1-3-17(25)16(11-14)19-5-6-21(30-19)22(29)27-15-2-4-20-18(12-15)28-23(31-20)13-7-9-26-10-8-13/h1-12H,(H,27,29). The Balaban J connectivity index is 1.38. The van der Waals surface area contributed by atoms with Crippen molar-refractivity contribution in [2.45, 2.75) is 0 Å². The number of oxazole rings is 1. The van der Waals surface area contributed by atoms with Crippen LogP contribution in [0, 0.1) is 0 Å². The summed E-state index contributed by atoms with van der Waals surface area (Å²) in [7, 11) is 0. The van der Waals surface area contributed by atoms with Crippen molar-refractivity contribution in [3.8, 4) is 22.8 Å². The van der Waals surface area contributed by atoms with Crippen LogP contribution in [0.2, 0.25) is 10.0 Å². The van der Waals surface area contributed by atoms with Gasteiger partial charge in [0.2, 0.25) is 5.89 Å². The Morgan fingerprint density at radius 3 is 2.58 bits per heavy atom. The molecule has 0 spiro atoms. The average molecular weight is 450 g/mol. The van der Waals surface area contributed by atoms with Crippen molar-refractivity contribution in [1.82, 2.24) is 9.97 Å². The zero-order valence-corrected chi connectivity index (χ0v) is 17.3. The number of nitrogens with one attached hydrogen (secondary N) is 1. The van der Waals surface area contributed by atoms with E-state index < -0.39 is 5.91 Å². The molecule has 0 saturated carbocycles. The maximum absolute atomic E-state index is 12.7. The number of rotatable bonds is 4. The Hall–Kier alpha value is -3.61. The third-order valence-electron chi connectivity index (χ3n) is 4.60. The maximum Gasteiger partial charge on any atom is 0.291 e. The van der Waals surface area contributed by atoms with Gasteiger partial charge in [-0.25, -0.2) is 4.98 Å². The van der Waals surface area contributed by atoms with E-state index in [0.717, 1.165) is 5.56 Å². The fourth-order valence-electron chi connectivity index (χ4n) is 3.11. The summed E-state index contributed by atoms with van der Waals surface area (Å²) in [5.74, 6) is 0.673. The van der Waals surface area contributed by atoms with E-state index in [1.807, 2.05) is 12.1 Å². The molecule has 0 unspecified atom stereocenters. The molecule has 0 atom stereocenters. The van der Waals surface area contributed by atoms with E-state index in [0.29, 0.717) is 44.0 Å². The van der Waals surface area contributed by atoms with Gasteiger partial charge in [-0.05, 0) is 60.7 Å². The third-order valence-corrected chi connectivity index (χ3v) is 5.16. The van der Waals surface area contributed by atoms with Crippen molar-refractivity contribution in [3.05, 3.63) is 88.9 Å². The highest BCUT2D eigenvalue weighted by molar-refractivity contribution is 6.35. The van der Waals surface area contributed by atoms with E-state index in [1.165, 1.54) is 0 Å². The van der Waals surface area contributed by atoms with E-state index in [1.54, 1.807) is 60.9 Å². The molecule has 0 fully saturated rings. The second kappa shape index (κ2) is 7.91. The number of hydrogen-bond acceptors (Lipinski definition) is 5. The molecule has 31 heavy (non-hydrogen) atoms. The zero-order chi connectivity index (χ0) is 21.4. The lowest BCUT2D eigenvalue weighted by atomic mass is 10.2. The number of benzene rings is 2. The Labute approximate surface area is 186 Å². The molecule has 0 saturated heterocycles. The first kappa shape index (κ1) is 19.4. The number of nitrogens with zero attached hydrogens (tertiary/aromatic N) is 2. The minimum Gasteiger partial charge on any atom is -0.451 e. The van der Waals surface area contributed by atoms with Gasteiger partial charge in [-0.1, -0.05) is 23.2 Å². The molecule has 0 radical (unpaired) electrons. The normalized spacial score (nSPS) is 11.0. The first-order valence-corrected chi connectivity index (χ1v) is 10.00. The quantitative estimate of drug-likeness (QED) is 0.329. The number of anilines is 1. The smallest absolute Gasteiger partial charge is 0.291 e. The molecular formula is C23H13Cl2N3O3. The predicted octanol–water partition coefficient (Wildman–Crippen LogP) is 6.71. The maximum atomic E-state index is 12.7. The van der Waals surface area contributed by atoms with Gasteiger partial charge in [0.15, 0.2) is 11.3 Å². The second-order valence-corrected chi connectivity index (χ2v) is 7.52. The molecule has 0 aliphatic heterocycles. The van der Waals surface area contributed by atoms with Crippen LogP contribution in [0.3, 0.4) is 0 Å². The molecule has 8 heteroatoms. The van der Waals surface area contributed by atoms with Gasteiger partial charge in [0.25, 0.3) is 5.91 Å². The zero-order valence-electron chi connectivity index (χ0n) is 15.8. The molecule has 3 heterocycles. The summed E-state index contributed by atoms with van der Waals surface area (Å²) in [6.45, 7) is 0. The molecule has 3 aromatic heterocycles. The van der Waals surface area contributed by atoms with Crippen LogP contribution in [0.4, 0.5) is 5.69 Å². The van der Waals surface area contributed by atoms with Gasteiger partial charge in [0, 0.05) is 34.2 Å². The summed E-state index contributed by atoms with van der Waals surface area (Å²) >= 11 is 12.2. The van der Waals surface area contributed by atoms with E-state index >= 15 is 0 Å². The van der Waals surface area contributed by atoms with Crippen molar-refractivity contribution < 1.29 is 13.6 Å². The molecule has 1 amide bonds. The molecule has 6 nitrogen and oxygen atoms in total. The summed E-state index contributed by atoms with van der Waals surface area (Å²) in [4.78, 5) is 21.1. The molecule has 0 aliphatic rings. The summed E-state index contributed by atoms with van der Waals surface area (Å²) in [5, 5.41) is 3.81. The number of pyridine rings is 1. The summed E-state index contributed by atoms with van der Waals surface area (Å²) in [6.07, 6.45) is 3.34. The molecule has 2 aromatic carbocycles. The molecule has 5 rings (SSSR count). The SMILES string of the molecule is O=C(Nc1ccc2oc(-c3ccncc3)nc2c1)c1ccc(-c2cc(Cl)ccc2Cl)o1. The van der Waals surface area contributed by atoms with Gasteiger partial charge in [-0.2, -0.15) is 0 Å². The van der Waals surface area contributed by atoms with Crippen molar-refractivity contribution in [2.24, 2.45) is 0 Å². The third kappa shape index (κ3) is 3.91. The molecule has 1 N–H and O–H groups in total. The van der Waals surface area contributed by atoms with Gasteiger partial charge in [0.05, 0.1) is 5.02 Å². The van der Waals surface area contributed by atoms with Gasteiger partial charge >= 0.3 is 0 Å². The number of halogens is 2. The van der Waals surface area contributed by atoms with Crippen molar-refractivity contribution in [3.63, 3.8) is 0 Å². The fraction of sp³-hybridized carbons (Fsp3) is 0. The van der Waals surface area contributed by atoms with Gasteiger partial charge in [-0.15, -0.1) is 0 Å². The van der Waals surface area contributed by atoms with E-state index in [-0.39, 0.29) is 5.76 Å². The molecule has 152 valence electrons. The lowest BCUT2D eigenvalue weighted by molar-refractivity contribution is 0.0997. The minimum absolute atomic E-state index is 0.142. The highest BCUT2D eigenvalue weighted by atomic mass is 35.5. The largest absolute Gasteiger partial charge is 0.451 e. The molecule has 0 aliphatic carbocycles. The topological polar surface area (TPSA) is 81.2 Å². The second-order valence-electron chi connectivity index (χ2n) is 6.68. The van der Waals surface area contributed by atoms with Crippen LogP contribution in [0.5, 0.6) is 0 Å². The number of amides is 1. The average Bonchev–Trinajstić information content (AvgIpc) is 3.43.